The van der Waals surface area contributed by atoms with E-state index in [4.69, 9.17) is 14.6 Å². The summed E-state index contributed by atoms with van der Waals surface area (Å²) in [7, 11) is 1.48. The van der Waals surface area contributed by atoms with Crippen LogP contribution in [0.3, 0.4) is 0 Å². The molecule has 0 aliphatic heterocycles. The van der Waals surface area contributed by atoms with E-state index in [1.54, 1.807) is 12.1 Å². The van der Waals surface area contributed by atoms with E-state index < -0.39 is 11.8 Å². The lowest BCUT2D eigenvalue weighted by molar-refractivity contribution is 0.0696. The zero-order valence-corrected chi connectivity index (χ0v) is 12.7. The molecule has 0 saturated carbocycles. The molecule has 6 heteroatoms. The third-order valence-electron chi connectivity index (χ3n) is 2.76. The summed E-state index contributed by atoms with van der Waals surface area (Å²) in [5, 5.41) is 8.99. The van der Waals surface area contributed by atoms with Crippen molar-refractivity contribution >= 4 is 21.9 Å². The van der Waals surface area contributed by atoms with E-state index in [9.17, 15) is 9.18 Å². The molecule has 0 bridgehead atoms. The van der Waals surface area contributed by atoms with Gasteiger partial charge in [0.15, 0.2) is 0 Å². The Labute approximate surface area is 129 Å². The van der Waals surface area contributed by atoms with Crippen molar-refractivity contribution in [3.8, 4) is 11.5 Å². The van der Waals surface area contributed by atoms with Gasteiger partial charge in [-0.15, -0.1) is 0 Å². The summed E-state index contributed by atoms with van der Waals surface area (Å²) < 4.78 is 24.5. The Morgan fingerprint density at radius 3 is 2.67 bits per heavy atom. The molecule has 0 radical (unpaired) electrons. The highest BCUT2D eigenvalue weighted by Crippen LogP contribution is 2.25. The van der Waals surface area contributed by atoms with Crippen LogP contribution in [0.1, 0.15) is 15.9 Å². The first-order chi connectivity index (χ1) is 9.99. The van der Waals surface area contributed by atoms with E-state index in [2.05, 4.69) is 15.9 Å². The van der Waals surface area contributed by atoms with E-state index in [0.717, 1.165) is 0 Å². The number of hydrogen-bond donors (Lipinski definition) is 1. The van der Waals surface area contributed by atoms with Gasteiger partial charge in [-0.3, -0.25) is 0 Å². The second-order valence-electron chi connectivity index (χ2n) is 4.23. The summed E-state index contributed by atoms with van der Waals surface area (Å²) in [5.74, 6) is -0.613. The lowest BCUT2D eigenvalue weighted by atomic mass is 10.1. The first-order valence-corrected chi connectivity index (χ1v) is 6.78. The van der Waals surface area contributed by atoms with Crippen molar-refractivity contribution in [1.82, 2.24) is 0 Å². The van der Waals surface area contributed by atoms with Crippen LogP contribution in [-0.2, 0) is 6.61 Å². The number of carboxylic acid groups (broad SMARTS) is 1. The number of carbonyl (C=O) groups is 1. The van der Waals surface area contributed by atoms with Crippen LogP contribution in [0.2, 0.25) is 0 Å². The van der Waals surface area contributed by atoms with Crippen molar-refractivity contribution in [3.63, 3.8) is 0 Å². The van der Waals surface area contributed by atoms with Gasteiger partial charge in [0, 0.05) is 16.1 Å². The largest absolute Gasteiger partial charge is 0.496 e. The Hall–Kier alpha value is -2.08. The van der Waals surface area contributed by atoms with E-state index in [0.29, 0.717) is 21.5 Å². The monoisotopic (exact) mass is 354 g/mol. The molecule has 4 nitrogen and oxygen atoms in total. The highest BCUT2D eigenvalue weighted by molar-refractivity contribution is 9.10. The van der Waals surface area contributed by atoms with Gasteiger partial charge in [0.25, 0.3) is 0 Å². The van der Waals surface area contributed by atoms with Crippen LogP contribution in [-0.4, -0.2) is 18.2 Å². The quantitative estimate of drug-likeness (QED) is 0.885. The molecule has 0 heterocycles. The molecule has 0 unspecified atom stereocenters. The van der Waals surface area contributed by atoms with Crippen molar-refractivity contribution in [1.29, 1.82) is 0 Å². The van der Waals surface area contributed by atoms with Crippen LogP contribution < -0.4 is 9.47 Å². The van der Waals surface area contributed by atoms with Gasteiger partial charge in [-0.1, -0.05) is 15.9 Å². The standard InChI is InChI=1S/C15H12BrFO4/c1-20-14-3-2-9(15(18)19)4-10(14)8-21-13-6-11(16)5-12(17)7-13/h2-7H,8H2,1H3,(H,18,19). The molecule has 1 N–H and O–H groups in total. The van der Waals surface area contributed by atoms with Crippen molar-refractivity contribution < 1.29 is 23.8 Å². The Bertz CT molecular complexity index is 652. The summed E-state index contributed by atoms with van der Waals surface area (Å²) in [6.45, 7) is 0.0696. The summed E-state index contributed by atoms with van der Waals surface area (Å²) >= 11 is 3.18. The van der Waals surface area contributed by atoms with Crippen LogP contribution in [0, 0.1) is 5.82 Å². The fourth-order valence-electron chi connectivity index (χ4n) is 1.80. The molecule has 2 aromatic carbocycles. The zero-order chi connectivity index (χ0) is 15.4. The molecule has 0 atom stereocenters. The molecule has 0 amide bonds. The molecule has 0 saturated heterocycles. The summed E-state index contributed by atoms with van der Waals surface area (Å²) in [6, 6.07) is 8.66. The highest BCUT2D eigenvalue weighted by atomic mass is 79.9. The predicted molar refractivity (Wildman–Crippen MR) is 78.4 cm³/mol. The molecule has 0 aromatic heterocycles. The average molecular weight is 355 g/mol. The number of halogens is 2. The highest BCUT2D eigenvalue weighted by Gasteiger charge is 2.10. The first-order valence-electron chi connectivity index (χ1n) is 5.98. The minimum absolute atomic E-state index is 0.0696. The van der Waals surface area contributed by atoms with Gasteiger partial charge in [0.05, 0.1) is 12.7 Å². The maximum Gasteiger partial charge on any atom is 0.335 e. The average Bonchev–Trinajstić information content (AvgIpc) is 2.43. The number of carboxylic acids is 1. The van der Waals surface area contributed by atoms with E-state index >= 15 is 0 Å². The van der Waals surface area contributed by atoms with Crippen LogP contribution in [0.15, 0.2) is 40.9 Å². The topological polar surface area (TPSA) is 55.8 Å². The van der Waals surface area contributed by atoms with Crippen molar-refractivity contribution in [2.75, 3.05) is 7.11 Å². The Morgan fingerprint density at radius 1 is 1.29 bits per heavy atom. The van der Waals surface area contributed by atoms with Crippen molar-refractivity contribution in [2.24, 2.45) is 0 Å². The normalized spacial score (nSPS) is 10.2. The number of benzene rings is 2. The van der Waals surface area contributed by atoms with Gasteiger partial charge in [0.1, 0.15) is 23.9 Å². The third-order valence-corrected chi connectivity index (χ3v) is 3.22. The van der Waals surface area contributed by atoms with Crippen LogP contribution in [0.25, 0.3) is 0 Å². The predicted octanol–water partition coefficient (Wildman–Crippen LogP) is 3.87. The molecular formula is C15H12BrFO4. The second kappa shape index (κ2) is 6.58. The number of hydrogen-bond acceptors (Lipinski definition) is 3. The summed E-state index contributed by atoms with van der Waals surface area (Å²) in [6.07, 6.45) is 0. The first kappa shape index (κ1) is 15.3. The third kappa shape index (κ3) is 3.95. The fraction of sp³-hybridized carbons (Fsp3) is 0.133. The molecule has 21 heavy (non-hydrogen) atoms. The van der Waals surface area contributed by atoms with Crippen molar-refractivity contribution in [2.45, 2.75) is 6.61 Å². The van der Waals surface area contributed by atoms with Crippen LogP contribution in [0.4, 0.5) is 4.39 Å². The van der Waals surface area contributed by atoms with Gasteiger partial charge in [0.2, 0.25) is 0 Å². The smallest absolute Gasteiger partial charge is 0.335 e. The molecule has 0 fully saturated rings. The Kier molecular flexibility index (Phi) is 4.80. The molecule has 110 valence electrons. The molecular weight excluding hydrogens is 343 g/mol. The molecule has 2 aromatic rings. The van der Waals surface area contributed by atoms with Crippen LogP contribution in [0.5, 0.6) is 11.5 Å². The minimum Gasteiger partial charge on any atom is -0.496 e. The number of methoxy groups -OCH3 is 1. The Morgan fingerprint density at radius 2 is 2.05 bits per heavy atom. The maximum absolute atomic E-state index is 13.3. The number of ether oxygens (including phenoxy) is 2. The number of rotatable bonds is 5. The molecule has 2 rings (SSSR count). The van der Waals surface area contributed by atoms with Gasteiger partial charge in [-0.05, 0) is 30.3 Å². The SMILES string of the molecule is COc1ccc(C(=O)O)cc1COc1cc(F)cc(Br)c1. The van der Waals surface area contributed by atoms with Gasteiger partial charge in [-0.2, -0.15) is 0 Å². The zero-order valence-electron chi connectivity index (χ0n) is 11.1. The summed E-state index contributed by atoms with van der Waals surface area (Å²) in [4.78, 5) is 11.0. The molecule has 0 spiro atoms. The van der Waals surface area contributed by atoms with Crippen LogP contribution >= 0.6 is 15.9 Å². The van der Waals surface area contributed by atoms with Gasteiger partial charge in [-0.25, -0.2) is 9.18 Å². The van der Waals surface area contributed by atoms with Gasteiger partial charge >= 0.3 is 5.97 Å². The fourth-order valence-corrected chi connectivity index (χ4v) is 2.24. The second-order valence-corrected chi connectivity index (χ2v) is 5.14. The molecule has 0 aliphatic carbocycles. The van der Waals surface area contributed by atoms with E-state index in [1.165, 1.54) is 31.4 Å². The van der Waals surface area contributed by atoms with Gasteiger partial charge < -0.3 is 14.6 Å². The lowest BCUT2D eigenvalue weighted by Crippen LogP contribution is -2.03. The van der Waals surface area contributed by atoms with Crippen molar-refractivity contribution in [3.05, 3.63) is 57.8 Å². The maximum atomic E-state index is 13.3. The lowest BCUT2D eigenvalue weighted by Gasteiger charge is -2.11. The Balaban J connectivity index is 2.21. The van der Waals surface area contributed by atoms with E-state index in [-0.39, 0.29) is 12.2 Å². The van der Waals surface area contributed by atoms with E-state index in [1.807, 2.05) is 0 Å². The minimum atomic E-state index is -1.03. The molecule has 0 aliphatic rings. The summed E-state index contributed by atoms with van der Waals surface area (Å²) in [5.41, 5.74) is 0.701. The number of aromatic carboxylic acids is 1.